The number of rotatable bonds is 5. The minimum absolute atomic E-state index is 0.0137. The van der Waals surface area contributed by atoms with Crippen LogP contribution in [0.2, 0.25) is 0 Å². The van der Waals surface area contributed by atoms with E-state index >= 15 is 0 Å². The molecule has 1 amide bonds. The second-order valence-electron chi connectivity index (χ2n) is 4.25. The number of hydrazone groups is 1. The average molecular weight is 266 g/mol. The smallest absolute Gasteiger partial charge is 0.271 e. The molecule has 0 saturated carbocycles. The third-order valence-corrected chi connectivity index (χ3v) is 2.57. The number of carbonyl (C=O) groups excluding carboxylic acids is 1. The third kappa shape index (κ3) is 4.17. The largest absolute Gasteiger partial charge is 0.504 e. The number of unbranched alkanes of at least 4 members (excludes halogenated alkanes) is 1. The Labute approximate surface area is 111 Å². The highest BCUT2D eigenvalue weighted by molar-refractivity contribution is 5.96. The van der Waals surface area contributed by atoms with E-state index in [4.69, 9.17) is 5.11 Å². The Morgan fingerprint density at radius 2 is 1.84 bits per heavy atom. The van der Waals surface area contributed by atoms with Crippen molar-refractivity contribution in [2.75, 3.05) is 0 Å². The van der Waals surface area contributed by atoms with Crippen molar-refractivity contribution in [3.8, 4) is 17.2 Å². The minimum atomic E-state index is -0.654. The number of hydrogen-bond acceptors (Lipinski definition) is 5. The van der Waals surface area contributed by atoms with Crippen molar-refractivity contribution in [1.82, 2.24) is 5.43 Å². The van der Waals surface area contributed by atoms with E-state index in [1.54, 1.807) is 0 Å². The van der Waals surface area contributed by atoms with Crippen LogP contribution < -0.4 is 5.43 Å². The summed E-state index contributed by atoms with van der Waals surface area (Å²) in [5.41, 5.74) is 3.13. The summed E-state index contributed by atoms with van der Waals surface area (Å²) in [4.78, 5) is 11.7. The molecule has 19 heavy (non-hydrogen) atoms. The summed E-state index contributed by atoms with van der Waals surface area (Å²) >= 11 is 0. The van der Waals surface area contributed by atoms with Gasteiger partial charge in [-0.2, -0.15) is 5.10 Å². The number of hydrogen-bond donors (Lipinski definition) is 4. The van der Waals surface area contributed by atoms with Gasteiger partial charge >= 0.3 is 0 Å². The molecule has 0 aliphatic rings. The van der Waals surface area contributed by atoms with Gasteiger partial charge in [0.05, 0.1) is 0 Å². The van der Waals surface area contributed by atoms with Crippen LogP contribution in [0.3, 0.4) is 0 Å². The maximum absolute atomic E-state index is 11.7. The normalized spacial score (nSPS) is 11.4. The van der Waals surface area contributed by atoms with Gasteiger partial charge in [-0.25, -0.2) is 5.43 Å². The monoisotopic (exact) mass is 266 g/mol. The van der Waals surface area contributed by atoms with Gasteiger partial charge in [-0.15, -0.1) is 0 Å². The number of aromatic hydroxyl groups is 3. The van der Waals surface area contributed by atoms with E-state index in [0.717, 1.165) is 37.1 Å². The molecule has 1 rings (SSSR count). The van der Waals surface area contributed by atoms with Crippen LogP contribution in [-0.4, -0.2) is 26.9 Å². The molecule has 6 nitrogen and oxygen atoms in total. The first-order chi connectivity index (χ1) is 8.95. The van der Waals surface area contributed by atoms with Crippen molar-refractivity contribution in [3.05, 3.63) is 17.7 Å². The second-order valence-corrected chi connectivity index (χ2v) is 4.25. The molecule has 104 valence electrons. The molecular formula is C13H18N2O4. The van der Waals surface area contributed by atoms with E-state index in [1.807, 2.05) is 6.92 Å². The lowest BCUT2D eigenvalue weighted by Gasteiger charge is -2.05. The van der Waals surface area contributed by atoms with Crippen molar-refractivity contribution >= 4 is 11.6 Å². The summed E-state index contributed by atoms with van der Waals surface area (Å²) in [5, 5.41) is 31.7. The number of carbonyl (C=O) groups is 1. The highest BCUT2D eigenvalue weighted by Crippen LogP contribution is 2.35. The number of phenols is 3. The molecule has 6 heteroatoms. The Kier molecular flexibility index (Phi) is 5.17. The lowest BCUT2D eigenvalue weighted by molar-refractivity contribution is 0.0954. The number of nitrogens with zero attached hydrogens (tertiary/aromatic N) is 1. The Hall–Kier alpha value is -2.24. The fraction of sp³-hybridized carbons (Fsp3) is 0.385. The molecule has 0 atom stereocenters. The molecule has 0 heterocycles. The molecule has 0 saturated heterocycles. The van der Waals surface area contributed by atoms with Gasteiger partial charge in [-0.05, 0) is 31.9 Å². The zero-order valence-electron chi connectivity index (χ0n) is 11.0. The molecular weight excluding hydrogens is 248 g/mol. The van der Waals surface area contributed by atoms with Gasteiger partial charge in [0, 0.05) is 11.3 Å². The summed E-state index contributed by atoms with van der Waals surface area (Å²) in [7, 11) is 0. The zero-order valence-corrected chi connectivity index (χ0v) is 11.0. The first-order valence-electron chi connectivity index (χ1n) is 6.04. The maximum Gasteiger partial charge on any atom is 0.271 e. The molecule has 0 aromatic heterocycles. The molecule has 0 aliphatic heterocycles. The SMILES string of the molecule is CCCCC(C)=NNC(=O)c1cc(O)c(O)c(O)c1. The summed E-state index contributed by atoms with van der Waals surface area (Å²) < 4.78 is 0. The van der Waals surface area contributed by atoms with Crippen LogP contribution >= 0.6 is 0 Å². The number of nitrogens with one attached hydrogen (secondary N) is 1. The van der Waals surface area contributed by atoms with Crippen LogP contribution in [-0.2, 0) is 0 Å². The first kappa shape index (κ1) is 14.8. The fourth-order valence-corrected chi connectivity index (χ4v) is 1.43. The summed E-state index contributed by atoms with van der Waals surface area (Å²) in [6, 6.07) is 2.11. The first-order valence-corrected chi connectivity index (χ1v) is 6.04. The molecule has 0 fully saturated rings. The molecule has 0 radical (unpaired) electrons. The molecule has 0 aliphatic carbocycles. The minimum Gasteiger partial charge on any atom is -0.504 e. The lowest BCUT2D eigenvalue weighted by atomic mass is 10.2. The number of amides is 1. The van der Waals surface area contributed by atoms with Crippen molar-refractivity contribution < 1.29 is 20.1 Å². The van der Waals surface area contributed by atoms with E-state index < -0.39 is 23.2 Å². The van der Waals surface area contributed by atoms with Crippen LogP contribution in [0, 0.1) is 0 Å². The standard InChI is InChI=1S/C13H18N2O4/c1-3-4-5-8(2)14-15-13(19)9-6-10(16)12(18)11(17)7-9/h6-7,16-18H,3-5H2,1-2H3,(H,15,19). The number of benzene rings is 1. The van der Waals surface area contributed by atoms with Crippen molar-refractivity contribution in [2.45, 2.75) is 33.1 Å². The van der Waals surface area contributed by atoms with E-state index in [-0.39, 0.29) is 5.56 Å². The van der Waals surface area contributed by atoms with Crippen molar-refractivity contribution in [3.63, 3.8) is 0 Å². The highest BCUT2D eigenvalue weighted by atomic mass is 16.3. The van der Waals surface area contributed by atoms with Crippen LogP contribution in [0.15, 0.2) is 17.2 Å². The average Bonchev–Trinajstić information content (AvgIpc) is 2.39. The van der Waals surface area contributed by atoms with Crippen LogP contribution in [0.4, 0.5) is 0 Å². The van der Waals surface area contributed by atoms with Gasteiger partial charge in [0.2, 0.25) is 0 Å². The van der Waals surface area contributed by atoms with E-state index in [2.05, 4.69) is 17.5 Å². The summed E-state index contributed by atoms with van der Waals surface area (Å²) in [6.07, 6.45) is 2.83. The Morgan fingerprint density at radius 1 is 1.26 bits per heavy atom. The maximum atomic E-state index is 11.7. The van der Waals surface area contributed by atoms with Crippen LogP contribution in [0.25, 0.3) is 0 Å². The van der Waals surface area contributed by atoms with E-state index in [0.29, 0.717) is 0 Å². The van der Waals surface area contributed by atoms with E-state index in [9.17, 15) is 15.0 Å². The van der Waals surface area contributed by atoms with Gasteiger partial charge in [0.25, 0.3) is 5.91 Å². The predicted molar refractivity (Wildman–Crippen MR) is 71.5 cm³/mol. The summed E-state index contributed by atoms with van der Waals surface area (Å²) in [5.74, 6) is -2.34. The fourth-order valence-electron chi connectivity index (χ4n) is 1.43. The molecule has 1 aromatic rings. The molecule has 0 spiro atoms. The van der Waals surface area contributed by atoms with Crippen LogP contribution in [0.5, 0.6) is 17.2 Å². The molecule has 0 bridgehead atoms. The lowest BCUT2D eigenvalue weighted by Crippen LogP contribution is -2.19. The Morgan fingerprint density at radius 3 is 2.37 bits per heavy atom. The highest BCUT2D eigenvalue weighted by Gasteiger charge is 2.13. The predicted octanol–water partition coefficient (Wildman–Crippen LogP) is 2.10. The topological polar surface area (TPSA) is 102 Å². The van der Waals surface area contributed by atoms with Gasteiger partial charge in [0.1, 0.15) is 0 Å². The molecule has 1 aromatic carbocycles. The van der Waals surface area contributed by atoms with Crippen LogP contribution in [0.1, 0.15) is 43.5 Å². The molecule has 4 N–H and O–H groups in total. The summed E-state index contributed by atoms with van der Waals surface area (Å²) in [6.45, 7) is 3.87. The quantitative estimate of drug-likeness (QED) is 0.372. The Balaban J connectivity index is 2.74. The molecule has 0 unspecified atom stereocenters. The number of phenolic OH excluding ortho intramolecular Hbond substituents is 3. The van der Waals surface area contributed by atoms with Gasteiger partial charge in [0.15, 0.2) is 17.2 Å². The van der Waals surface area contributed by atoms with Crippen molar-refractivity contribution in [1.29, 1.82) is 0 Å². The third-order valence-electron chi connectivity index (χ3n) is 2.57. The second kappa shape index (κ2) is 6.63. The van der Waals surface area contributed by atoms with Gasteiger partial charge < -0.3 is 15.3 Å². The van der Waals surface area contributed by atoms with Gasteiger partial charge in [-0.3, -0.25) is 4.79 Å². The zero-order chi connectivity index (χ0) is 14.4. The van der Waals surface area contributed by atoms with E-state index in [1.165, 1.54) is 0 Å². The van der Waals surface area contributed by atoms with Crippen molar-refractivity contribution in [2.24, 2.45) is 5.10 Å². The van der Waals surface area contributed by atoms with Gasteiger partial charge in [-0.1, -0.05) is 13.3 Å². The Bertz CT molecular complexity index is 474.